The van der Waals surface area contributed by atoms with Crippen LogP contribution in [-0.2, 0) is 0 Å². The number of unbranched alkanes of at least 4 members (excludes halogenated alkanes) is 2. The minimum atomic E-state index is 0.228. The smallest absolute Gasteiger partial charge is 0.128 e. The zero-order valence-electron chi connectivity index (χ0n) is 11.0. The molecule has 0 atom stereocenters. The third-order valence-electron chi connectivity index (χ3n) is 2.74. The standard InChI is InChI=1S/C14H21NO3/c1-11-6-7-13(12(2)15-17)14(10-11)18-9-5-3-4-8-16/h6-7,10,16-17H,3-5,8-9H2,1-2H3. The third kappa shape index (κ3) is 4.37. The van der Waals surface area contributed by atoms with Crippen LogP contribution in [0.25, 0.3) is 0 Å². The minimum Gasteiger partial charge on any atom is -0.493 e. The number of aryl methyl sites for hydroxylation is 1. The van der Waals surface area contributed by atoms with Gasteiger partial charge in [-0.3, -0.25) is 0 Å². The van der Waals surface area contributed by atoms with Gasteiger partial charge in [-0.15, -0.1) is 0 Å². The Hall–Kier alpha value is -1.55. The van der Waals surface area contributed by atoms with Crippen LogP contribution in [0.5, 0.6) is 5.75 Å². The molecule has 0 aliphatic rings. The number of aliphatic hydroxyl groups excluding tert-OH is 1. The van der Waals surface area contributed by atoms with Crippen molar-refractivity contribution in [1.29, 1.82) is 0 Å². The van der Waals surface area contributed by atoms with Gasteiger partial charge >= 0.3 is 0 Å². The highest BCUT2D eigenvalue weighted by Crippen LogP contribution is 2.21. The van der Waals surface area contributed by atoms with Crippen LogP contribution < -0.4 is 4.74 Å². The summed E-state index contributed by atoms with van der Waals surface area (Å²) in [5.74, 6) is 0.745. The van der Waals surface area contributed by atoms with Gasteiger partial charge in [-0.2, -0.15) is 0 Å². The van der Waals surface area contributed by atoms with E-state index in [-0.39, 0.29) is 6.61 Å². The van der Waals surface area contributed by atoms with E-state index >= 15 is 0 Å². The molecule has 4 heteroatoms. The fourth-order valence-corrected chi connectivity index (χ4v) is 1.67. The van der Waals surface area contributed by atoms with Crippen LogP contribution in [0.2, 0.25) is 0 Å². The molecule has 1 aromatic rings. The fraction of sp³-hybridized carbons (Fsp3) is 0.500. The highest BCUT2D eigenvalue weighted by Gasteiger charge is 2.07. The largest absolute Gasteiger partial charge is 0.493 e. The van der Waals surface area contributed by atoms with Gasteiger partial charge in [0.25, 0.3) is 0 Å². The average Bonchev–Trinajstić information content (AvgIpc) is 2.38. The van der Waals surface area contributed by atoms with Crippen molar-refractivity contribution in [3.05, 3.63) is 29.3 Å². The van der Waals surface area contributed by atoms with Crippen LogP contribution in [0.1, 0.15) is 37.3 Å². The van der Waals surface area contributed by atoms with Crippen molar-refractivity contribution < 1.29 is 15.1 Å². The van der Waals surface area contributed by atoms with E-state index in [1.54, 1.807) is 6.92 Å². The molecule has 0 unspecified atom stereocenters. The molecule has 0 bridgehead atoms. The van der Waals surface area contributed by atoms with Gasteiger partial charge in [0.15, 0.2) is 0 Å². The first-order valence-corrected chi connectivity index (χ1v) is 6.22. The molecule has 0 fully saturated rings. The molecule has 0 aromatic heterocycles. The van der Waals surface area contributed by atoms with Crippen molar-refractivity contribution in [3.8, 4) is 5.75 Å². The first-order valence-electron chi connectivity index (χ1n) is 6.22. The molecule has 0 spiro atoms. The molecule has 1 aromatic carbocycles. The van der Waals surface area contributed by atoms with Crippen molar-refractivity contribution in [2.24, 2.45) is 5.16 Å². The minimum absolute atomic E-state index is 0.228. The second-order valence-electron chi connectivity index (χ2n) is 4.32. The van der Waals surface area contributed by atoms with Gasteiger partial charge in [-0.1, -0.05) is 11.2 Å². The molecule has 0 saturated carbocycles. The Morgan fingerprint density at radius 2 is 2.06 bits per heavy atom. The van der Waals surface area contributed by atoms with Gasteiger partial charge < -0.3 is 15.1 Å². The number of rotatable bonds is 7. The molecular weight excluding hydrogens is 230 g/mol. The highest BCUT2D eigenvalue weighted by atomic mass is 16.5. The summed E-state index contributed by atoms with van der Waals surface area (Å²) in [4.78, 5) is 0. The number of ether oxygens (including phenoxy) is 1. The normalized spacial score (nSPS) is 11.6. The van der Waals surface area contributed by atoms with Gasteiger partial charge in [-0.05, 0) is 50.8 Å². The number of hydrogen-bond donors (Lipinski definition) is 2. The van der Waals surface area contributed by atoms with E-state index in [4.69, 9.17) is 15.1 Å². The van der Waals surface area contributed by atoms with Crippen molar-refractivity contribution in [3.63, 3.8) is 0 Å². The first kappa shape index (κ1) is 14.5. The highest BCUT2D eigenvalue weighted by molar-refractivity contribution is 6.00. The molecule has 0 aliphatic heterocycles. The summed E-state index contributed by atoms with van der Waals surface area (Å²) in [6.07, 6.45) is 2.66. The Morgan fingerprint density at radius 3 is 2.72 bits per heavy atom. The maximum Gasteiger partial charge on any atom is 0.128 e. The third-order valence-corrected chi connectivity index (χ3v) is 2.74. The van der Waals surface area contributed by atoms with Crippen molar-refractivity contribution in [1.82, 2.24) is 0 Å². The molecule has 0 heterocycles. The molecule has 2 N–H and O–H groups in total. The molecule has 0 amide bonds. The zero-order valence-corrected chi connectivity index (χ0v) is 11.0. The first-order chi connectivity index (χ1) is 8.69. The molecule has 4 nitrogen and oxygen atoms in total. The van der Waals surface area contributed by atoms with Crippen LogP contribution in [-0.4, -0.2) is 29.2 Å². The zero-order chi connectivity index (χ0) is 13.4. The van der Waals surface area contributed by atoms with Crippen LogP contribution in [0.15, 0.2) is 23.4 Å². The number of nitrogens with zero attached hydrogens (tertiary/aromatic N) is 1. The van der Waals surface area contributed by atoms with Crippen LogP contribution in [0.3, 0.4) is 0 Å². The lowest BCUT2D eigenvalue weighted by Crippen LogP contribution is -2.04. The van der Waals surface area contributed by atoms with E-state index in [9.17, 15) is 0 Å². The Kier molecular flexibility index (Phi) is 6.22. The quantitative estimate of drug-likeness (QED) is 0.339. The number of oxime groups is 1. The van der Waals surface area contributed by atoms with Crippen molar-refractivity contribution in [2.45, 2.75) is 33.1 Å². The van der Waals surface area contributed by atoms with Crippen molar-refractivity contribution >= 4 is 5.71 Å². The molecule has 0 saturated heterocycles. The maximum absolute atomic E-state index is 8.83. The number of aliphatic hydroxyl groups is 1. The van der Waals surface area contributed by atoms with E-state index < -0.39 is 0 Å². The second-order valence-corrected chi connectivity index (χ2v) is 4.32. The molecule has 0 aliphatic carbocycles. The number of hydrogen-bond acceptors (Lipinski definition) is 4. The SMILES string of the molecule is CC(=NO)c1ccc(C)cc1OCCCCCO. The van der Waals surface area contributed by atoms with E-state index in [1.807, 2.05) is 25.1 Å². The summed E-state index contributed by atoms with van der Waals surface area (Å²) in [6, 6.07) is 5.80. The monoisotopic (exact) mass is 251 g/mol. The fourth-order valence-electron chi connectivity index (χ4n) is 1.67. The van der Waals surface area contributed by atoms with Gasteiger partial charge in [0.2, 0.25) is 0 Å². The lowest BCUT2D eigenvalue weighted by atomic mass is 10.1. The van der Waals surface area contributed by atoms with Crippen LogP contribution in [0.4, 0.5) is 0 Å². The van der Waals surface area contributed by atoms with E-state index in [0.29, 0.717) is 12.3 Å². The van der Waals surface area contributed by atoms with Gasteiger partial charge in [0.1, 0.15) is 5.75 Å². The summed E-state index contributed by atoms with van der Waals surface area (Å²) in [6.45, 7) is 4.57. The predicted octanol–water partition coefficient (Wildman–Crippen LogP) is 2.73. The van der Waals surface area contributed by atoms with E-state index in [0.717, 1.165) is 36.1 Å². The van der Waals surface area contributed by atoms with E-state index in [1.165, 1.54) is 0 Å². The Bertz CT molecular complexity index is 402. The summed E-state index contributed by atoms with van der Waals surface area (Å²) < 4.78 is 5.71. The van der Waals surface area contributed by atoms with Crippen LogP contribution in [0, 0.1) is 6.92 Å². The van der Waals surface area contributed by atoms with Crippen molar-refractivity contribution in [2.75, 3.05) is 13.2 Å². The summed E-state index contributed by atoms with van der Waals surface area (Å²) in [5.41, 5.74) is 2.46. The van der Waals surface area contributed by atoms with Gasteiger partial charge in [-0.25, -0.2) is 0 Å². The number of benzene rings is 1. The molecule has 18 heavy (non-hydrogen) atoms. The summed E-state index contributed by atoms with van der Waals surface area (Å²) >= 11 is 0. The average molecular weight is 251 g/mol. The second kappa shape index (κ2) is 7.71. The summed E-state index contributed by atoms with van der Waals surface area (Å²) in [7, 11) is 0. The van der Waals surface area contributed by atoms with E-state index in [2.05, 4.69) is 5.16 Å². The lowest BCUT2D eigenvalue weighted by Gasteiger charge is -2.11. The maximum atomic E-state index is 8.83. The van der Waals surface area contributed by atoms with Crippen LogP contribution >= 0.6 is 0 Å². The molecular formula is C14H21NO3. The Balaban J connectivity index is 2.65. The lowest BCUT2D eigenvalue weighted by molar-refractivity contribution is 0.265. The molecule has 100 valence electrons. The Morgan fingerprint density at radius 1 is 1.28 bits per heavy atom. The molecule has 0 radical (unpaired) electrons. The summed E-state index contributed by atoms with van der Waals surface area (Å²) in [5, 5.41) is 20.7. The van der Waals surface area contributed by atoms with Gasteiger partial charge in [0.05, 0.1) is 12.3 Å². The van der Waals surface area contributed by atoms with Gasteiger partial charge in [0, 0.05) is 12.2 Å². The Labute approximate surface area is 108 Å². The topological polar surface area (TPSA) is 62.1 Å². The predicted molar refractivity (Wildman–Crippen MR) is 71.6 cm³/mol. The molecule has 1 rings (SSSR count).